The Kier molecular flexibility index (Phi) is 3.42. The van der Waals surface area contributed by atoms with Crippen LogP contribution in [0.5, 0.6) is 0 Å². The lowest BCUT2D eigenvalue weighted by Gasteiger charge is -2.07. The second kappa shape index (κ2) is 5.17. The molecule has 0 unspecified atom stereocenters. The molecular weight excluding hydrogens is 255 g/mol. The van der Waals surface area contributed by atoms with Gasteiger partial charge in [0, 0.05) is 6.20 Å². The van der Waals surface area contributed by atoms with Crippen LogP contribution in [0.4, 0.5) is 20.6 Å². The SMILES string of the molecule is O=C(Nc1ccccc1F)Nc1c[nH]c(=O)[nH]c1=O. The minimum Gasteiger partial charge on any atom is -0.312 e. The van der Waals surface area contributed by atoms with E-state index >= 15 is 0 Å². The van der Waals surface area contributed by atoms with E-state index in [0.29, 0.717) is 0 Å². The number of nitrogens with one attached hydrogen (secondary N) is 4. The highest BCUT2D eigenvalue weighted by atomic mass is 19.1. The molecule has 2 aromatic rings. The number of para-hydroxylation sites is 1. The number of amides is 2. The van der Waals surface area contributed by atoms with E-state index in [-0.39, 0.29) is 11.4 Å². The van der Waals surface area contributed by atoms with E-state index in [9.17, 15) is 18.8 Å². The summed E-state index contributed by atoms with van der Waals surface area (Å²) in [6.45, 7) is 0. The molecule has 2 rings (SSSR count). The van der Waals surface area contributed by atoms with Crippen LogP contribution in [0.2, 0.25) is 0 Å². The lowest BCUT2D eigenvalue weighted by molar-refractivity contribution is 0.262. The molecule has 0 atom stereocenters. The van der Waals surface area contributed by atoms with Crippen molar-refractivity contribution in [3.63, 3.8) is 0 Å². The van der Waals surface area contributed by atoms with Crippen LogP contribution >= 0.6 is 0 Å². The molecule has 8 heteroatoms. The molecule has 0 aliphatic carbocycles. The van der Waals surface area contributed by atoms with Gasteiger partial charge in [0.2, 0.25) is 0 Å². The van der Waals surface area contributed by atoms with Crippen molar-refractivity contribution in [2.24, 2.45) is 0 Å². The fourth-order valence-corrected chi connectivity index (χ4v) is 1.34. The molecule has 0 saturated heterocycles. The van der Waals surface area contributed by atoms with Crippen LogP contribution in [-0.2, 0) is 0 Å². The van der Waals surface area contributed by atoms with Crippen LogP contribution in [0.1, 0.15) is 0 Å². The summed E-state index contributed by atoms with van der Waals surface area (Å²) in [4.78, 5) is 37.7. The molecule has 0 aliphatic heterocycles. The number of carbonyl (C=O) groups is 1. The highest BCUT2D eigenvalue weighted by molar-refractivity contribution is 5.99. The number of urea groups is 1. The molecule has 1 aromatic heterocycles. The maximum Gasteiger partial charge on any atom is 0.325 e. The van der Waals surface area contributed by atoms with Crippen molar-refractivity contribution < 1.29 is 9.18 Å². The zero-order chi connectivity index (χ0) is 13.8. The molecule has 0 bridgehead atoms. The van der Waals surface area contributed by atoms with Gasteiger partial charge in [0.25, 0.3) is 5.56 Å². The third kappa shape index (κ3) is 3.06. The summed E-state index contributed by atoms with van der Waals surface area (Å²) in [7, 11) is 0. The minimum atomic E-state index is -0.803. The van der Waals surface area contributed by atoms with Gasteiger partial charge in [-0.05, 0) is 12.1 Å². The summed E-state index contributed by atoms with van der Waals surface area (Å²) < 4.78 is 13.3. The normalized spacial score (nSPS) is 9.95. The van der Waals surface area contributed by atoms with Gasteiger partial charge in [-0.15, -0.1) is 0 Å². The van der Waals surface area contributed by atoms with E-state index in [4.69, 9.17) is 0 Å². The zero-order valence-electron chi connectivity index (χ0n) is 9.49. The van der Waals surface area contributed by atoms with Crippen LogP contribution in [0.15, 0.2) is 40.1 Å². The number of aromatic nitrogens is 2. The van der Waals surface area contributed by atoms with Crippen molar-refractivity contribution in [1.29, 1.82) is 0 Å². The van der Waals surface area contributed by atoms with Gasteiger partial charge in [0.15, 0.2) is 0 Å². The molecule has 2 amide bonds. The fourth-order valence-electron chi connectivity index (χ4n) is 1.34. The number of hydrogen-bond donors (Lipinski definition) is 4. The molecule has 1 aromatic carbocycles. The summed E-state index contributed by atoms with van der Waals surface area (Å²) in [6.07, 6.45) is 1.04. The second-order valence-corrected chi connectivity index (χ2v) is 3.54. The van der Waals surface area contributed by atoms with E-state index in [0.717, 1.165) is 6.20 Å². The number of benzene rings is 1. The molecule has 0 aliphatic rings. The Hall–Kier alpha value is -2.90. The highest BCUT2D eigenvalue weighted by Crippen LogP contribution is 2.12. The summed E-state index contributed by atoms with van der Waals surface area (Å²) in [5.41, 5.74) is -1.63. The lowest BCUT2D eigenvalue weighted by atomic mass is 10.3. The first-order chi connectivity index (χ1) is 9.06. The maximum atomic E-state index is 13.3. The Morgan fingerprint density at radius 3 is 2.47 bits per heavy atom. The van der Waals surface area contributed by atoms with Gasteiger partial charge in [-0.25, -0.2) is 14.0 Å². The highest BCUT2D eigenvalue weighted by Gasteiger charge is 2.08. The van der Waals surface area contributed by atoms with E-state index in [1.54, 1.807) is 6.07 Å². The maximum absolute atomic E-state index is 13.3. The van der Waals surface area contributed by atoms with Crippen molar-refractivity contribution in [3.05, 3.63) is 57.1 Å². The molecule has 0 saturated carbocycles. The Balaban J connectivity index is 2.12. The second-order valence-electron chi connectivity index (χ2n) is 3.54. The smallest absolute Gasteiger partial charge is 0.312 e. The van der Waals surface area contributed by atoms with E-state index in [2.05, 4.69) is 15.6 Å². The average Bonchev–Trinajstić information content (AvgIpc) is 2.36. The molecule has 98 valence electrons. The van der Waals surface area contributed by atoms with Crippen molar-refractivity contribution in [3.8, 4) is 0 Å². The predicted octanol–water partition coefficient (Wildman–Crippen LogP) is 0.846. The molecule has 19 heavy (non-hydrogen) atoms. The minimum absolute atomic E-state index is 0.0270. The van der Waals surface area contributed by atoms with Crippen LogP contribution in [0.25, 0.3) is 0 Å². The summed E-state index contributed by atoms with van der Waals surface area (Å²) >= 11 is 0. The van der Waals surface area contributed by atoms with Crippen molar-refractivity contribution in [2.45, 2.75) is 0 Å². The Labute approximate surface area is 105 Å². The molecule has 7 nitrogen and oxygen atoms in total. The third-order valence-electron chi connectivity index (χ3n) is 2.19. The molecule has 0 spiro atoms. The quantitative estimate of drug-likeness (QED) is 0.645. The first-order valence-electron chi connectivity index (χ1n) is 5.21. The van der Waals surface area contributed by atoms with E-state index in [1.807, 2.05) is 4.98 Å². The fraction of sp³-hybridized carbons (Fsp3) is 0. The molecule has 0 radical (unpaired) electrons. The Bertz CT molecular complexity index is 722. The van der Waals surface area contributed by atoms with Gasteiger partial charge in [0.1, 0.15) is 11.5 Å². The van der Waals surface area contributed by atoms with Crippen LogP contribution in [-0.4, -0.2) is 16.0 Å². The first kappa shape index (κ1) is 12.6. The largest absolute Gasteiger partial charge is 0.325 e. The number of rotatable bonds is 2. The summed E-state index contributed by atoms with van der Waals surface area (Å²) in [5.74, 6) is -0.604. The molecule has 4 N–H and O–H groups in total. The van der Waals surface area contributed by atoms with Gasteiger partial charge < -0.3 is 15.6 Å². The van der Waals surface area contributed by atoms with E-state index in [1.165, 1.54) is 18.2 Å². The van der Waals surface area contributed by atoms with Crippen molar-refractivity contribution in [2.75, 3.05) is 10.6 Å². The molecule has 1 heterocycles. The van der Waals surface area contributed by atoms with Gasteiger partial charge in [-0.3, -0.25) is 9.78 Å². The van der Waals surface area contributed by atoms with Gasteiger partial charge >= 0.3 is 11.7 Å². The topological polar surface area (TPSA) is 107 Å². The Morgan fingerprint density at radius 2 is 1.79 bits per heavy atom. The van der Waals surface area contributed by atoms with Gasteiger partial charge in [-0.1, -0.05) is 12.1 Å². The third-order valence-corrected chi connectivity index (χ3v) is 2.19. The monoisotopic (exact) mass is 264 g/mol. The van der Waals surface area contributed by atoms with Gasteiger partial charge in [-0.2, -0.15) is 0 Å². The van der Waals surface area contributed by atoms with Crippen molar-refractivity contribution in [1.82, 2.24) is 9.97 Å². The van der Waals surface area contributed by atoms with Gasteiger partial charge in [0.05, 0.1) is 5.69 Å². The first-order valence-corrected chi connectivity index (χ1v) is 5.21. The number of halogens is 1. The van der Waals surface area contributed by atoms with Crippen LogP contribution in [0, 0.1) is 5.82 Å². The van der Waals surface area contributed by atoms with Crippen molar-refractivity contribution >= 4 is 17.4 Å². The number of aromatic amines is 2. The van der Waals surface area contributed by atoms with Crippen LogP contribution < -0.4 is 21.9 Å². The number of carbonyl (C=O) groups excluding carboxylic acids is 1. The van der Waals surface area contributed by atoms with Crippen LogP contribution in [0.3, 0.4) is 0 Å². The molecular formula is C11H9FN4O3. The summed E-state index contributed by atoms with van der Waals surface area (Å²) in [5, 5.41) is 4.41. The number of anilines is 2. The predicted molar refractivity (Wildman–Crippen MR) is 66.7 cm³/mol. The standard InChI is InChI=1S/C11H9FN4O3/c12-6-3-1-2-4-7(6)14-11(19)15-8-5-13-10(18)16-9(8)17/h1-5H,(H2,14,15,19)(H2,13,16,17,18). The lowest BCUT2D eigenvalue weighted by Crippen LogP contribution is -2.28. The number of hydrogen-bond acceptors (Lipinski definition) is 3. The summed E-state index contributed by atoms with van der Waals surface area (Å²) in [6, 6.07) is 4.77. The molecule has 0 fully saturated rings. The average molecular weight is 264 g/mol. The van der Waals surface area contributed by atoms with E-state index < -0.39 is 23.1 Å². The number of H-pyrrole nitrogens is 2. The zero-order valence-corrected chi connectivity index (χ0v) is 9.49. The Morgan fingerprint density at radius 1 is 1.11 bits per heavy atom.